The predicted octanol–water partition coefficient (Wildman–Crippen LogP) is 4.45. The first-order chi connectivity index (χ1) is 18.0. The second-order valence-electron chi connectivity index (χ2n) is 9.14. The molecule has 2 N–H and O–H groups in total. The zero-order valence-corrected chi connectivity index (χ0v) is 21.2. The molecule has 0 saturated heterocycles. The van der Waals surface area contributed by atoms with E-state index in [0.717, 1.165) is 22.1 Å². The van der Waals surface area contributed by atoms with Gasteiger partial charge in [-0.05, 0) is 36.4 Å². The minimum absolute atomic E-state index is 0.0458. The first kappa shape index (κ1) is 24.9. The molecule has 1 amide bonds. The van der Waals surface area contributed by atoms with Crippen LogP contribution >= 0.6 is 11.6 Å². The number of hydrogen-bond donors (Lipinski definition) is 2. The second kappa shape index (κ2) is 10.7. The molecule has 8 heteroatoms. The molecule has 3 aromatic carbocycles. The molecule has 0 radical (unpaired) electrons. The number of rotatable bonds is 7. The molecule has 188 valence electrons. The lowest BCUT2D eigenvalue weighted by Crippen LogP contribution is -2.37. The normalized spacial score (nSPS) is 15.4. The molecule has 1 aliphatic rings. The van der Waals surface area contributed by atoms with E-state index < -0.39 is 0 Å². The van der Waals surface area contributed by atoms with Gasteiger partial charge in [-0.15, -0.1) is 0 Å². The van der Waals surface area contributed by atoms with Gasteiger partial charge in [-0.25, -0.2) is 5.01 Å². The number of hydrogen-bond acceptors (Lipinski definition) is 5. The number of carbonyl (C=O) groups is 1. The van der Waals surface area contributed by atoms with Crippen LogP contribution < -0.4 is 5.56 Å². The van der Waals surface area contributed by atoms with Crippen molar-refractivity contribution < 1.29 is 9.90 Å². The summed E-state index contributed by atoms with van der Waals surface area (Å²) >= 11 is 6.37. The van der Waals surface area contributed by atoms with E-state index in [4.69, 9.17) is 16.7 Å². The third-order valence-electron chi connectivity index (χ3n) is 6.56. The van der Waals surface area contributed by atoms with Crippen molar-refractivity contribution in [3.8, 4) is 11.1 Å². The molecular formula is C29H27ClN4O3. The van der Waals surface area contributed by atoms with Gasteiger partial charge >= 0.3 is 0 Å². The van der Waals surface area contributed by atoms with E-state index in [1.807, 2.05) is 66.7 Å². The topological polar surface area (TPSA) is 89.0 Å². The number of hydrazone groups is 1. The van der Waals surface area contributed by atoms with E-state index in [2.05, 4.69) is 4.98 Å². The molecule has 2 heterocycles. The molecular weight excluding hydrogens is 488 g/mol. The summed E-state index contributed by atoms with van der Waals surface area (Å²) in [6, 6.07) is 24.4. The summed E-state index contributed by atoms with van der Waals surface area (Å²) in [6.07, 6.45) is 0.383. The molecule has 5 rings (SSSR count). The summed E-state index contributed by atoms with van der Waals surface area (Å²) in [5.74, 6) is -0.207. The SMILES string of the molecule is CN(CCO)CC(=O)N1N=C(c2c(-c3ccccc3)c3cc(Cl)ccc3[nH]c2=O)C[C@@H]1c1ccccc1. The lowest BCUT2D eigenvalue weighted by Gasteiger charge is -2.24. The van der Waals surface area contributed by atoms with Crippen LogP contribution in [0.5, 0.6) is 0 Å². The number of benzene rings is 3. The van der Waals surface area contributed by atoms with Crippen molar-refractivity contribution in [2.45, 2.75) is 12.5 Å². The van der Waals surface area contributed by atoms with Crippen LogP contribution in [-0.4, -0.2) is 58.4 Å². The number of amides is 1. The Labute approximate surface area is 219 Å². The predicted molar refractivity (Wildman–Crippen MR) is 147 cm³/mol. The van der Waals surface area contributed by atoms with Crippen LogP contribution in [0.25, 0.3) is 22.0 Å². The van der Waals surface area contributed by atoms with Gasteiger partial charge in [-0.1, -0.05) is 72.3 Å². The van der Waals surface area contributed by atoms with Crippen LogP contribution in [0.1, 0.15) is 23.6 Å². The fourth-order valence-electron chi connectivity index (χ4n) is 4.82. The number of pyridine rings is 1. The molecule has 0 aliphatic carbocycles. The number of halogens is 1. The zero-order chi connectivity index (χ0) is 25.9. The summed E-state index contributed by atoms with van der Waals surface area (Å²) in [6.45, 7) is 0.418. The molecule has 4 aromatic rings. The summed E-state index contributed by atoms with van der Waals surface area (Å²) in [5, 5.41) is 16.9. The zero-order valence-electron chi connectivity index (χ0n) is 20.4. The number of aromatic amines is 1. The number of aliphatic hydroxyl groups excluding tert-OH is 1. The fourth-order valence-corrected chi connectivity index (χ4v) is 5.00. The number of fused-ring (bicyclic) bond motifs is 1. The molecule has 0 bridgehead atoms. The first-order valence-corrected chi connectivity index (χ1v) is 12.5. The Morgan fingerprint density at radius 3 is 2.49 bits per heavy atom. The van der Waals surface area contributed by atoms with Crippen molar-refractivity contribution in [3.63, 3.8) is 0 Å². The van der Waals surface area contributed by atoms with Crippen molar-refractivity contribution in [3.05, 3.63) is 105 Å². The van der Waals surface area contributed by atoms with Gasteiger partial charge in [0.05, 0.1) is 30.5 Å². The number of nitrogens with zero attached hydrogens (tertiary/aromatic N) is 3. The van der Waals surface area contributed by atoms with Gasteiger partial charge in [0, 0.05) is 34.5 Å². The van der Waals surface area contributed by atoms with Crippen molar-refractivity contribution in [2.75, 3.05) is 26.7 Å². The highest BCUT2D eigenvalue weighted by molar-refractivity contribution is 6.31. The Morgan fingerprint density at radius 1 is 1.08 bits per heavy atom. The molecule has 1 aliphatic heterocycles. The number of H-pyrrole nitrogens is 1. The van der Waals surface area contributed by atoms with Crippen molar-refractivity contribution >= 4 is 34.1 Å². The Hall–Kier alpha value is -3.78. The number of aliphatic hydroxyl groups is 1. The van der Waals surface area contributed by atoms with Gasteiger partial charge in [0.25, 0.3) is 11.5 Å². The molecule has 7 nitrogen and oxygen atoms in total. The Balaban J connectivity index is 1.68. The highest BCUT2D eigenvalue weighted by Gasteiger charge is 2.35. The van der Waals surface area contributed by atoms with Crippen LogP contribution in [0.15, 0.2) is 88.8 Å². The number of nitrogens with one attached hydrogen (secondary N) is 1. The Kier molecular flexibility index (Phi) is 7.19. The fraction of sp³-hybridized carbons (Fsp3) is 0.207. The van der Waals surface area contributed by atoms with E-state index in [0.29, 0.717) is 34.8 Å². The van der Waals surface area contributed by atoms with Crippen LogP contribution in [0.4, 0.5) is 0 Å². The van der Waals surface area contributed by atoms with Gasteiger partial charge < -0.3 is 10.1 Å². The summed E-state index contributed by atoms with van der Waals surface area (Å²) in [5.41, 5.74) is 3.90. The molecule has 37 heavy (non-hydrogen) atoms. The molecule has 0 unspecified atom stereocenters. The highest BCUT2D eigenvalue weighted by atomic mass is 35.5. The molecule has 1 atom stereocenters. The van der Waals surface area contributed by atoms with Crippen LogP contribution in [-0.2, 0) is 4.79 Å². The minimum atomic E-state index is -0.357. The monoisotopic (exact) mass is 514 g/mol. The van der Waals surface area contributed by atoms with E-state index in [1.54, 1.807) is 24.1 Å². The summed E-state index contributed by atoms with van der Waals surface area (Å²) in [4.78, 5) is 31.7. The van der Waals surface area contributed by atoms with Gasteiger partial charge in [-0.3, -0.25) is 14.5 Å². The smallest absolute Gasteiger partial charge is 0.258 e. The Morgan fingerprint density at radius 2 is 1.78 bits per heavy atom. The number of likely N-dealkylation sites (N-methyl/N-ethyl adjacent to an activating group) is 1. The lowest BCUT2D eigenvalue weighted by molar-refractivity contribution is -0.134. The maximum absolute atomic E-state index is 13.6. The van der Waals surface area contributed by atoms with Gasteiger partial charge in [0.15, 0.2) is 0 Å². The van der Waals surface area contributed by atoms with E-state index in [1.165, 1.54) is 5.01 Å². The quantitative estimate of drug-likeness (QED) is 0.381. The maximum atomic E-state index is 13.6. The van der Waals surface area contributed by atoms with E-state index in [-0.39, 0.29) is 30.7 Å². The number of aromatic nitrogens is 1. The van der Waals surface area contributed by atoms with Crippen LogP contribution in [0, 0.1) is 0 Å². The Bertz CT molecular complexity index is 1520. The molecule has 0 spiro atoms. The maximum Gasteiger partial charge on any atom is 0.258 e. The summed E-state index contributed by atoms with van der Waals surface area (Å²) in [7, 11) is 1.78. The van der Waals surface area contributed by atoms with Crippen molar-refractivity contribution in [2.24, 2.45) is 5.10 Å². The standard InChI is InChI=1S/C29H27ClN4O3/c1-33(14-15-35)18-26(36)34-25(19-8-4-2-5-9-19)17-24(32-34)28-27(20-10-6-3-7-11-20)22-16-21(30)12-13-23(22)31-29(28)37/h2-13,16,25,35H,14-15,17-18H2,1H3,(H,31,37)/t25-/m1/s1. The highest BCUT2D eigenvalue weighted by Crippen LogP contribution is 2.37. The largest absolute Gasteiger partial charge is 0.395 e. The average Bonchev–Trinajstić information content (AvgIpc) is 3.34. The minimum Gasteiger partial charge on any atom is -0.395 e. The average molecular weight is 515 g/mol. The molecule has 0 fully saturated rings. The summed E-state index contributed by atoms with van der Waals surface area (Å²) < 4.78 is 0. The third-order valence-corrected chi connectivity index (χ3v) is 6.80. The van der Waals surface area contributed by atoms with Crippen LogP contribution in [0.2, 0.25) is 5.02 Å². The lowest BCUT2D eigenvalue weighted by atomic mass is 9.91. The van der Waals surface area contributed by atoms with Crippen molar-refractivity contribution in [1.29, 1.82) is 0 Å². The number of carbonyl (C=O) groups excluding carboxylic acids is 1. The molecule has 0 saturated carbocycles. The van der Waals surface area contributed by atoms with Crippen molar-refractivity contribution in [1.82, 2.24) is 14.9 Å². The van der Waals surface area contributed by atoms with Gasteiger partial charge in [0.1, 0.15) is 0 Å². The van der Waals surface area contributed by atoms with Gasteiger partial charge in [0.2, 0.25) is 0 Å². The van der Waals surface area contributed by atoms with E-state index in [9.17, 15) is 14.7 Å². The van der Waals surface area contributed by atoms with Gasteiger partial charge in [-0.2, -0.15) is 5.10 Å². The first-order valence-electron chi connectivity index (χ1n) is 12.1. The molecule has 1 aromatic heterocycles. The van der Waals surface area contributed by atoms with Crippen LogP contribution in [0.3, 0.4) is 0 Å². The second-order valence-corrected chi connectivity index (χ2v) is 9.57. The van der Waals surface area contributed by atoms with E-state index >= 15 is 0 Å². The third kappa shape index (κ3) is 5.06.